The van der Waals surface area contributed by atoms with Gasteiger partial charge >= 0.3 is 6.09 Å². The lowest BCUT2D eigenvalue weighted by Gasteiger charge is -2.32. The third kappa shape index (κ3) is 4.00. The monoisotopic (exact) mass is 304 g/mol. The van der Waals surface area contributed by atoms with Crippen LogP contribution in [0.3, 0.4) is 0 Å². The molecular formula is C17H24N2O3. The number of carbonyl (C=O) groups is 2. The van der Waals surface area contributed by atoms with Gasteiger partial charge in [-0.25, -0.2) is 4.79 Å². The number of carbonyl (C=O) groups excluding carboxylic acids is 2. The van der Waals surface area contributed by atoms with Crippen molar-refractivity contribution in [1.29, 1.82) is 0 Å². The van der Waals surface area contributed by atoms with Gasteiger partial charge in [-0.15, -0.1) is 0 Å². The summed E-state index contributed by atoms with van der Waals surface area (Å²) in [6.45, 7) is 5.57. The Morgan fingerprint density at radius 3 is 2.27 bits per heavy atom. The van der Waals surface area contributed by atoms with Crippen LogP contribution in [-0.2, 0) is 4.74 Å². The average molecular weight is 304 g/mol. The Labute approximate surface area is 131 Å². The third-order valence-corrected chi connectivity index (χ3v) is 4.11. The normalized spacial score (nSPS) is 15.7. The predicted molar refractivity (Wildman–Crippen MR) is 85.0 cm³/mol. The largest absolute Gasteiger partial charge is 0.453 e. The number of benzene rings is 1. The predicted octanol–water partition coefficient (Wildman–Crippen LogP) is 2.77. The van der Waals surface area contributed by atoms with E-state index in [9.17, 15) is 9.59 Å². The summed E-state index contributed by atoms with van der Waals surface area (Å²) in [6, 6.07) is 7.92. The lowest BCUT2D eigenvalue weighted by molar-refractivity contribution is 0.0704. The molecule has 1 aliphatic heterocycles. The summed E-state index contributed by atoms with van der Waals surface area (Å²) >= 11 is 0. The van der Waals surface area contributed by atoms with Gasteiger partial charge in [0.1, 0.15) is 0 Å². The maximum absolute atomic E-state index is 12.5. The fourth-order valence-corrected chi connectivity index (χ4v) is 2.65. The molecule has 0 bridgehead atoms. The molecule has 1 saturated heterocycles. The highest BCUT2D eigenvalue weighted by molar-refractivity contribution is 5.94. The van der Waals surface area contributed by atoms with E-state index in [0.717, 1.165) is 18.4 Å². The molecule has 2 rings (SSSR count). The van der Waals surface area contributed by atoms with Crippen molar-refractivity contribution in [3.05, 3.63) is 35.4 Å². The molecule has 0 aliphatic carbocycles. The van der Waals surface area contributed by atoms with Crippen LogP contribution in [0.1, 0.15) is 48.5 Å². The third-order valence-electron chi connectivity index (χ3n) is 4.11. The van der Waals surface area contributed by atoms with Crippen LogP contribution in [0.5, 0.6) is 0 Å². The lowest BCUT2D eigenvalue weighted by atomic mass is 10.0. The molecule has 1 aliphatic rings. The van der Waals surface area contributed by atoms with E-state index in [2.05, 4.69) is 23.9 Å². The number of amides is 2. The molecular weight excluding hydrogens is 280 g/mol. The minimum atomic E-state index is -0.408. The first-order valence-electron chi connectivity index (χ1n) is 7.75. The van der Waals surface area contributed by atoms with Crippen molar-refractivity contribution in [3.63, 3.8) is 0 Å². The topological polar surface area (TPSA) is 58.6 Å². The molecule has 1 N–H and O–H groups in total. The van der Waals surface area contributed by atoms with Crippen LogP contribution < -0.4 is 5.32 Å². The van der Waals surface area contributed by atoms with Gasteiger partial charge in [0.05, 0.1) is 7.11 Å². The standard InChI is InChI=1S/C17H24N2O3/c1-12(2)13-4-6-14(7-5-13)16(20)19-10-8-15(9-11-19)18-17(21)22-3/h4-7,12,15H,8-11H2,1-3H3,(H,18,21). The van der Waals surface area contributed by atoms with Gasteiger partial charge in [0.15, 0.2) is 0 Å². The summed E-state index contributed by atoms with van der Waals surface area (Å²) in [4.78, 5) is 25.5. The molecule has 0 unspecified atom stereocenters. The number of ether oxygens (including phenoxy) is 1. The molecule has 0 saturated carbocycles. The van der Waals surface area contributed by atoms with Gasteiger partial charge in [-0.3, -0.25) is 4.79 Å². The average Bonchev–Trinajstić information content (AvgIpc) is 2.55. The summed E-state index contributed by atoms with van der Waals surface area (Å²) < 4.78 is 4.60. The van der Waals surface area contributed by atoms with Crippen molar-refractivity contribution in [1.82, 2.24) is 10.2 Å². The molecule has 5 nitrogen and oxygen atoms in total. The van der Waals surface area contributed by atoms with E-state index in [1.165, 1.54) is 12.7 Å². The van der Waals surface area contributed by atoms with E-state index in [1.54, 1.807) is 0 Å². The molecule has 1 aromatic rings. The van der Waals surface area contributed by atoms with Crippen LogP contribution in [0.2, 0.25) is 0 Å². The van der Waals surface area contributed by atoms with E-state index >= 15 is 0 Å². The smallest absolute Gasteiger partial charge is 0.407 e. The zero-order valence-electron chi connectivity index (χ0n) is 13.5. The quantitative estimate of drug-likeness (QED) is 0.934. The van der Waals surface area contributed by atoms with Crippen molar-refractivity contribution in [2.45, 2.75) is 38.6 Å². The summed E-state index contributed by atoms with van der Waals surface area (Å²) in [5.41, 5.74) is 1.96. The molecule has 1 heterocycles. The van der Waals surface area contributed by atoms with Gasteiger partial charge in [-0.2, -0.15) is 0 Å². The molecule has 5 heteroatoms. The van der Waals surface area contributed by atoms with Crippen molar-refractivity contribution in [3.8, 4) is 0 Å². The molecule has 1 fully saturated rings. The second kappa shape index (κ2) is 7.29. The number of alkyl carbamates (subject to hydrolysis) is 1. The molecule has 0 atom stereocenters. The molecule has 0 radical (unpaired) electrons. The highest BCUT2D eigenvalue weighted by atomic mass is 16.5. The van der Waals surface area contributed by atoms with E-state index in [-0.39, 0.29) is 11.9 Å². The minimum absolute atomic E-state index is 0.0619. The first-order chi connectivity index (χ1) is 10.5. The summed E-state index contributed by atoms with van der Waals surface area (Å²) in [5, 5.41) is 2.79. The van der Waals surface area contributed by atoms with E-state index < -0.39 is 6.09 Å². The zero-order chi connectivity index (χ0) is 16.1. The molecule has 0 aromatic heterocycles. The number of nitrogens with zero attached hydrogens (tertiary/aromatic N) is 1. The maximum Gasteiger partial charge on any atom is 0.407 e. The molecule has 0 spiro atoms. The first-order valence-corrected chi connectivity index (χ1v) is 7.75. The Hall–Kier alpha value is -2.04. The van der Waals surface area contributed by atoms with Crippen molar-refractivity contribution >= 4 is 12.0 Å². The Morgan fingerprint density at radius 2 is 1.77 bits per heavy atom. The van der Waals surface area contributed by atoms with Gasteiger partial charge in [-0.05, 0) is 36.5 Å². The number of hydrogen-bond acceptors (Lipinski definition) is 3. The SMILES string of the molecule is COC(=O)NC1CCN(C(=O)c2ccc(C(C)C)cc2)CC1. The Morgan fingerprint density at radius 1 is 1.18 bits per heavy atom. The maximum atomic E-state index is 12.5. The minimum Gasteiger partial charge on any atom is -0.453 e. The highest BCUT2D eigenvalue weighted by Crippen LogP contribution is 2.18. The first kappa shape index (κ1) is 16.3. The van der Waals surface area contributed by atoms with Gasteiger partial charge in [0.25, 0.3) is 5.91 Å². The number of methoxy groups -OCH3 is 1. The van der Waals surface area contributed by atoms with Crippen LogP contribution in [0.4, 0.5) is 4.79 Å². The van der Waals surface area contributed by atoms with E-state index in [4.69, 9.17) is 0 Å². The fourth-order valence-electron chi connectivity index (χ4n) is 2.65. The summed E-state index contributed by atoms with van der Waals surface area (Å²) in [6.07, 6.45) is 1.10. The molecule has 2 amide bonds. The van der Waals surface area contributed by atoms with Crippen molar-refractivity contribution in [2.75, 3.05) is 20.2 Å². The van der Waals surface area contributed by atoms with Gasteiger partial charge in [-0.1, -0.05) is 26.0 Å². The van der Waals surface area contributed by atoms with Crippen LogP contribution in [0.15, 0.2) is 24.3 Å². The summed E-state index contributed by atoms with van der Waals surface area (Å²) in [5.74, 6) is 0.524. The second-order valence-corrected chi connectivity index (χ2v) is 5.98. The van der Waals surface area contributed by atoms with Crippen LogP contribution in [-0.4, -0.2) is 43.1 Å². The number of nitrogens with one attached hydrogen (secondary N) is 1. The number of likely N-dealkylation sites (tertiary alicyclic amines) is 1. The van der Waals surface area contributed by atoms with Crippen molar-refractivity contribution < 1.29 is 14.3 Å². The highest BCUT2D eigenvalue weighted by Gasteiger charge is 2.24. The number of piperidine rings is 1. The van der Waals surface area contributed by atoms with Gasteiger partial charge in [0.2, 0.25) is 0 Å². The molecule has 120 valence electrons. The van der Waals surface area contributed by atoms with Crippen LogP contribution in [0.25, 0.3) is 0 Å². The second-order valence-electron chi connectivity index (χ2n) is 5.98. The van der Waals surface area contributed by atoms with Gasteiger partial charge < -0.3 is 15.0 Å². The number of rotatable bonds is 3. The van der Waals surface area contributed by atoms with Gasteiger partial charge in [0, 0.05) is 24.7 Å². The lowest BCUT2D eigenvalue weighted by Crippen LogP contribution is -2.46. The van der Waals surface area contributed by atoms with Crippen LogP contribution >= 0.6 is 0 Å². The Balaban J connectivity index is 1.90. The van der Waals surface area contributed by atoms with Crippen LogP contribution in [0, 0.1) is 0 Å². The van der Waals surface area contributed by atoms with E-state index in [0.29, 0.717) is 19.0 Å². The Kier molecular flexibility index (Phi) is 5.41. The van der Waals surface area contributed by atoms with E-state index in [1.807, 2.05) is 29.2 Å². The molecule has 22 heavy (non-hydrogen) atoms. The summed E-state index contributed by atoms with van der Waals surface area (Å²) in [7, 11) is 1.36. The fraction of sp³-hybridized carbons (Fsp3) is 0.529. The van der Waals surface area contributed by atoms with Crippen molar-refractivity contribution in [2.24, 2.45) is 0 Å². The number of hydrogen-bond donors (Lipinski definition) is 1. The zero-order valence-corrected chi connectivity index (χ0v) is 13.5. The molecule has 1 aromatic carbocycles. The Bertz CT molecular complexity index is 517.